The minimum absolute atomic E-state index is 0.611. The summed E-state index contributed by atoms with van der Waals surface area (Å²) in [5.74, 6) is 0.785. The second-order valence-corrected chi connectivity index (χ2v) is 3.32. The molecule has 66 valence electrons. The molecule has 1 aliphatic heterocycles. The molecule has 0 aromatic rings. The van der Waals surface area contributed by atoms with Gasteiger partial charge < -0.3 is 10.2 Å². The van der Waals surface area contributed by atoms with Crippen molar-refractivity contribution in [2.24, 2.45) is 5.92 Å². The van der Waals surface area contributed by atoms with Crippen molar-refractivity contribution in [3.63, 3.8) is 0 Å². The first-order chi connectivity index (χ1) is 5.24. The minimum Gasteiger partial charge on any atom is -0.312 e. The highest BCUT2D eigenvalue weighted by atomic mass is 16.7. The molecule has 3 heteroatoms. The Morgan fingerprint density at radius 3 is 2.82 bits per heavy atom. The molecule has 2 unspecified atom stereocenters. The molecule has 11 heavy (non-hydrogen) atoms. The highest BCUT2D eigenvalue weighted by molar-refractivity contribution is 4.81. The molecule has 1 saturated heterocycles. The molecule has 0 spiro atoms. The van der Waals surface area contributed by atoms with E-state index in [1.807, 2.05) is 12.1 Å². The van der Waals surface area contributed by atoms with Gasteiger partial charge in [-0.05, 0) is 18.9 Å². The third-order valence-electron chi connectivity index (χ3n) is 2.46. The van der Waals surface area contributed by atoms with Crippen LogP contribution in [0, 0.1) is 5.92 Å². The molecule has 1 heterocycles. The molecule has 0 aromatic carbocycles. The third kappa shape index (κ3) is 2.43. The van der Waals surface area contributed by atoms with Crippen molar-refractivity contribution in [2.45, 2.75) is 19.4 Å². The first-order valence-corrected chi connectivity index (χ1v) is 4.22. The standard InChI is InChI=1S/C8H18N2O/c1-7-4-5-9-8(7)6-10(2)11-3/h7-9H,4-6H2,1-3H3. The van der Waals surface area contributed by atoms with E-state index >= 15 is 0 Å². The Balaban J connectivity index is 2.24. The van der Waals surface area contributed by atoms with E-state index in [2.05, 4.69) is 12.2 Å². The predicted octanol–water partition coefficient (Wildman–Crippen LogP) is 0.478. The summed E-state index contributed by atoms with van der Waals surface area (Å²) >= 11 is 0. The average molecular weight is 158 g/mol. The van der Waals surface area contributed by atoms with Gasteiger partial charge in [-0.1, -0.05) is 6.92 Å². The first-order valence-electron chi connectivity index (χ1n) is 4.22. The number of hydroxylamine groups is 2. The van der Waals surface area contributed by atoms with Gasteiger partial charge in [0.05, 0.1) is 7.11 Å². The topological polar surface area (TPSA) is 24.5 Å². The van der Waals surface area contributed by atoms with E-state index in [0.717, 1.165) is 19.0 Å². The van der Waals surface area contributed by atoms with Gasteiger partial charge in [-0.15, -0.1) is 0 Å². The summed E-state index contributed by atoms with van der Waals surface area (Å²) in [4.78, 5) is 5.05. The molecule has 0 saturated carbocycles. The number of hydrogen-bond donors (Lipinski definition) is 1. The van der Waals surface area contributed by atoms with Crippen LogP contribution in [0.25, 0.3) is 0 Å². The number of hydrogen-bond acceptors (Lipinski definition) is 3. The van der Waals surface area contributed by atoms with E-state index in [9.17, 15) is 0 Å². The fraction of sp³-hybridized carbons (Fsp3) is 1.00. The van der Waals surface area contributed by atoms with E-state index in [0.29, 0.717) is 6.04 Å². The molecule has 0 amide bonds. The minimum atomic E-state index is 0.611. The van der Waals surface area contributed by atoms with Gasteiger partial charge >= 0.3 is 0 Å². The maximum absolute atomic E-state index is 5.05. The zero-order chi connectivity index (χ0) is 8.27. The summed E-state index contributed by atoms with van der Waals surface area (Å²) < 4.78 is 0. The Morgan fingerprint density at radius 1 is 1.64 bits per heavy atom. The largest absolute Gasteiger partial charge is 0.312 e. The molecule has 0 aliphatic carbocycles. The third-order valence-corrected chi connectivity index (χ3v) is 2.46. The van der Waals surface area contributed by atoms with Crippen molar-refractivity contribution >= 4 is 0 Å². The molecular weight excluding hydrogens is 140 g/mol. The fourth-order valence-corrected chi connectivity index (χ4v) is 1.49. The molecule has 2 atom stereocenters. The Kier molecular flexibility index (Phi) is 3.30. The second kappa shape index (κ2) is 4.04. The zero-order valence-corrected chi connectivity index (χ0v) is 7.63. The van der Waals surface area contributed by atoms with Gasteiger partial charge in [-0.3, -0.25) is 0 Å². The second-order valence-electron chi connectivity index (χ2n) is 3.32. The maximum atomic E-state index is 5.05. The summed E-state index contributed by atoms with van der Waals surface area (Å²) in [5, 5.41) is 5.32. The number of likely N-dealkylation sites (N-methyl/N-ethyl adjacent to an activating group) is 1. The highest BCUT2D eigenvalue weighted by Crippen LogP contribution is 2.14. The van der Waals surface area contributed by atoms with Crippen LogP contribution in [-0.2, 0) is 4.84 Å². The molecule has 1 N–H and O–H groups in total. The van der Waals surface area contributed by atoms with Gasteiger partial charge in [-0.2, -0.15) is 5.06 Å². The van der Waals surface area contributed by atoms with Crippen molar-refractivity contribution in [3.8, 4) is 0 Å². The predicted molar refractivity (Wildman–Crippen MR) is 45.2 cm³/mol. The van der Waals surface area contributed by atoms with Gasteiger partial charge in [0.2, 0.25) is 0 Å². The molecule has 0 aromatic heterocycles. The van der Waals surface area contributed by atoms with Crippen LogP contribution in [0.4, 0.5) is 0 Å². The van der Waals surface area contributed by atoms with Crippen LogP contribution in [0.2, 0.25) is 0 Å². The molecule has 3 nitrogen and oxygen atoms in total. The lowest BCUT2D eigenvalue weighted by molar-refractivity contribution is -0.114. The Hall–Kier alpha value is -0.120. The molecule has 1 aliphatic rings. The van der Waals surface area contributed by atoms with E-state index < -0.39 is 0 Å². The number of rotatable bonds is 3. The van der Waals surface area contributed by atoms with Crippen LogP contribution in [0.3, 0.4) is 0 Å². The van der Waals surface area contributed by atoms with E-state index in [1.54, 1.807) is 7.11 Å². The van der Waals surface area contributed by atoms with Crippen molar-refractivity contribution in [1.82, 2.24) is 10.4 Å². The smallest absolute Gasteiger partial charge is 0.0575 e. The Labute approximate surface area is 68.7 Å². The summed E-state index contributed by atoms with van der Waals surface area (Å²) in [6.45, 7) is 4.43. The van der Waals surface area contributed by atoms with Crippen LogP contribution in [-0.4, -0.2) is 38.4 Å². The summed E-state index contributed by atoms with van der Waals surface area (Å²) in [6.07, 6.45) is 1.29. The van der Waals surface area contributed by atoms with Crippen molar-refractivity contribution in [3.05, 3.63) is 0 Å². The summed E-state index contributed by atoms with van der Waals surface area (Å²) in [7, 11) is 3.67. The molecule has 0 radical (unpaired) electrons. The van der Waals surface area contributed by atoms with Gasteiger partial charge in [0.1, 0.15) is 0 Å². The van der Waals surface area contributed by atoms with E-state index in [4.69, 9.17) is 4.84 Å². The van der Waals surface area contributed by atoms with Crippen LogP contribution in [0.1, 0.15) is 13.3 Å². The molecule has 0 bridgehead atoms. The average Bonchev–Trinajstić information content (AvgIpc) is 2.37. The number of nitrogens with zero attached hydrogens (tertiary/aromatic N) is 1. The van der Waals surface area contributed by atoms with Crippen LogP contribution in [0.15, 0.2) is 0 Å². The van der Waals surface area contributed by atoms with Crippen LogP contribution < -0.4 is 5.32 Å². The molecule has 1 fully saturated rings. The number of nitrogens with one attached hydrogen (secondary N) is 1. The lowest BCUT2D eigenvalue weighted by atomic mass is 10.0. The fourth-order valence-electron chi connectivity index (χ4n) is 1.49. The van der Waals surface area contributed by atoms with Crippen LogP contribution >= 0.6 is 0 Å². The molecule has 1 rings (SSSR count). The first kappa shape index (κ1) is 8.97. The summed E-state index contributed by atoms with van der Waals surface area (Å²) in [6, 6.07) is 0.611. The van der Waals surface area contributed by atoms with Crippen molar-refractivity contribution in [1.29, 1.82) is 0 Å². The lowest BCUT2D eigenvalue weighted by Gasteiger charge is -2.21. The van der Waals surface area contributed by atoms with Crippen molar-refractivity contribution in [2.75, 3.05) is 27.2 Å². The van der Waals surface area contributed by atoms with Gasteiger partial charge in [0.25, 0.3) is 0 Å². The Morgan fingerprint density at radius 2 is 2.36 bits per heavy atom. The monoisotopic (exact) mass is 158 g/mol. The van der Waals surface area contributed by atoms with Gasteiger partial charge in [0.15, 0.2) is 0 Å². The van der Waals surface area contributed by atoms with Gasteiger partial charge in [-0.25, -0.2) is 0 Å². The summed E-state index contributed by atoms with van der Waals surface area (Å²) in [5.41, 5.74) is 0. The molecular formula is C8H18N2O. The maximum Gasteiger partial charge on any atom is 0.0575 e. The van der Waals surface area contributed by atoms with Gasteiger partial charge in [0, 0.05) is 19.6 Å². The Bertz CT molecular complexity index is 119. The zero-order valence-electron chi connectivity index (χ0n) is 7.63. The quantitative estimate of drug-likeness (QED) is 0.605. The lowest BCUT2D eigenvalue weighted by Crippen LogP contribution is -2.37. The normalized spacial score (nSPS) is 31.6. The van der Waals surface area contributed by atoms with Crippen LogP contribution in [0.5, 0.6) is 0 Å². The van der Waals surface area contributed by atoms with E-state index in [1.165, 1.54) is 6.42 Å². The highest BCUT2D eigenvalue weighted by Gasteiger charge is 2.23. The van der Waals surface area contributed by atoms with Crippen molar-refractivity contribution < 1.29 is 4.84 Å². The van der Waals surface area contributed by atoms with E-state index in [-0.39, 0.29) is 0 Å². The SMILES string of the molecule is CON(C)CC1NCCC1C.